The molecule has 0 aliphatic carbocycles. The lowest BCUT2D eigenvalue weighted by Gasteiger charge is -2.25. The fourth-order valence-corrected chi connectivity index (χ4v) is 2.59. The second-order valence-electron chi connectivity index (χ2n) is 5.25. The molecule has 0 radical (unpaired) electrons. The first-order valence-corrected chi connectivity index (χ1v) is 7.71. The molecule has 0 saturated carbocycles. The number of sulfonamides is 1. The van der Waals surface area contributed by atoms with E-state index in [1.807, 2.05) is 14.1 Å². The van der Waals surface area contributed by atoms with Crippen LogP contribution in [0.15, 0.2) is 12.3 Å². The second kappa shape index (κ2) is 5.70. The third-order valence-electron chi connectivity index (χ3n) is 2.22. The van der Waals surface area contributed by atoms with Crippen LogP contribution in [0, 0.1) is 0 Å². The van der Waals surface area contributed by atoms with E-state index in [1.54, 1.807) is 31.0 Å². The van der Waals surface area contributed by atoms with Crippen molar-refractivity contribution >= 4 is 21.8 Å². The molecule has 2 N–H and O–H groups in total. The van der Waals surface area contributed by atoms with E-state index in [2.05, 4.69) is 20.0 Å². The van der Waals surface area contributed by atoms with Gasteiger partial charge in [0.2, 0.25) is 16.0 Å². The van der Waals surface area contributed by atoms with Gasteiger partial charge in [-0.25, -0.2) is 18.1 Å². The summed E-state index contributed by atoms with van der Waals surface area (Å²) in [5.74, 6) is 1.25. The molecule has 108 valence electrons. The molecule has 0 amide bonds. The fraction of sp³-hybridized carbons (Fsp3) is 0.636. The fourth-order valence-electron chi connectivity index (χ4n) is 1.51. The summed E-state index contributed by atoms with van der Waals surface area (Å²) in [6, 6.07) is 1.74. The molecule has 0 fully saturated rings. The van der Waals surface area contributed by atoms with Crippen LogP contribution in [0.4, 0.5) is 11.8 Å². The summed E-state index contributed by atoms with van der Waals surface area (Å²) in [7, 11) is 0.472. The Morgan fingerprint density at radius 3 is 2.53 bits per heavy atom. The molecule has 0 aliphatic heterocycles. The highest BCUT2D eigenvalue weighted by atomic mass is 32.2. The van der Waals surface area contributed by atoms with E-state index in [1.165, 1.54) is 0 Å². The third-order valence-corrected chi connectivity index (χ3v) is 3.14. The van der Waals surface area contributed by atoms with Gasteiger partial charge in [-0.2, -0.15) is 4.98 Å². The molecule has 0 saturated heterocycles. The van der Waals surface area contributed by atoms with Gasteiger partial charge in [-0.05, 0) is 19.9 Å². The molecule has 0 aliphatic rings. The van der Waals surface area contributed by atoms with Crippen molar-refractivity contribution in [1.82, 2.24) is 14.7 Å². The molecular formula is C11H21N5O2S. The Bertz CT molecular complexity index is 528. The number of rotatable bonds is 6. The van der Waals surface area contributed by atoms with Crippen molar-refractivity contribution in [3.05, 3.63) is 12.3 Å². The third kappa shape index (κ3) is 5.84. The van der Waals surface area contributed by atoms with Gasteiger partial charge in [0, 0.05) is 32.4 Å². The van der Waals surface area contributed by atoms with Gasteiger partial charge >= 0.3 is 0 Å². The van der Waals surface area contributed by atoms with Gasteiger partial charge in [-0.3, -0.25) is 0 Å². The van der Waals surface area contributed by atoms with Crippen LogP contribution in [0.2, 0.25) is 0 Å². The second-order valence-corrected chi connectivity index (χ2v) is 7.00. The van der Waals surface area contributed by atoms with Gasteiger partial charge in [-0.1, -0.05) is 0 Å². The number of nitrogens with one attached hydrogen (secondary N) is 2. The monoisotopic (exact) mass is 287 g/mol. The van der Waals surface area contributed by atoms with Crippen LogP contribution in [-0.2, 0) is 10.0 Å². The van der Waals surface area contributed by atoms with Crippen LogP contribution in [-0.4, -0.2) is 50.8 Å². The van der Waals surface area contributed by atoms with Gasteiger partial charge in [0.15, 0.2) is 0 Å². The van der Waals surface area contributed by atoms with Gasteiger partial charge in [0.1, 0.15) is 5.82 Å². The minimum Gasteiger partial charge on any atom is -0.368 e. The molecule has 19 heavy (non-hydrogen) atoms. The van der Waals surface area contributed by atoms with Gasteiger partial charge in [-0.15, -0.1) is 0 Å². The summed E-state index contributed by atoms with van der Waals surface area (Å²) in [6.07, 6.45) is 2.80. The lowest BCUT2D eigenvalue weighted by Crippen LogP contribution is -2.47. The van der Waals surface area contributed by atoms with Crippen molar-refractivity contribution in [2.45, 2.75) is 19.4 Å². The highest BCUT2D eigenvalue weighted by molar-refractivity contribution is 7.88. The summed E-state index contributed by atoms with van der Waals surface area (Å²) in [4.78, 5) is 10.2. The van der Waals surface area contributed by atoms with Crippen molar-refractivity contribution < 1.29 is 8.42 Å². The molecule has 1 rings (SSSR count). The molecule has 7 nitrogen and oxygen atoms in total. The van der Waals surface area contributed by atoms with Crippen molar-refractivity contribution in [2.75, 3.05) is 37.1 Å². The predicted molar refractivity (Wildman–Crippen MR) is 76.9 cm³/mol. The Morgan fingerprint density at radius 1 is 1.37 bits per heavy atom. The molecule has 1 aromatic heterocycles. The van der Waals surface area contributed by atoms with E-state index in [9.17, 15) is 8.42 Å². The van der Waals surface area contributed by atoms with Crippen LogP contribution in [0.5, 0.6) is 0 Å². The van der Waals surface area contributed by atoms with E-state index >= 15 is 0 Å². The van der Waals surface area contributed by atoms with Crippen LogP contribution in [0.25, 0.3) is 0 Å². The van der Waals surface area contributed by atoms with Crippen molar-refractivity contribution in [3.8, 4) is 0 Å². The normalized spacial score (nSPS) is 12.3. The summed E-state index contributed by atoms with van der Waals surface area (Å²) >= 11 is 0. The lowest BCUT2D eigenvalue weighted by molar-refractivity contribution is 0.476. The summed E-state index contributed by atoms with van der Waals surface area (Å²) in [5, 5.41) is 3.10. The van der Waals surface area contributed by atoms with E-state index in [-0.39, 0.29) is 0 Å². The Morgan fingerprint density at radius 2 is 2.00 bits per heavy atom. The maximum absolute atomic E-state index is 11.2. The average molecular weight is 287 g/mol. The van der Waals surface area contributed by atoms with Crippen LogP contribution < -0.4 is 14.9 Å². The van der Waals surface area contributed by atoms with Crippen molar-refractivity contribution in [3.63, 3.8) is 0 Å². The highest BCUT2D eigenvalue weighted by Gasteiger charge is 2.21. The van der Waals surface area contributed by atoms with Gasteiger partial charge < -0.3 is 10.2 Å². The zero-order valence-electron chi connectivity index (χ0n) is 11.9. The number of nitrogens with zero attached hydrogens (tertiary/aromatic N) is 3. The maximum atomic E-state index is 11.2. The first-order valence-electron chi connectivity index (χ1n) is 5.82. The van der Waals surface area contributed by atoms with E-state index in [4.69, 9.17) is 0 Å². The van der Waals surface area contributed by atoms with Crippen molar-refractivity contribution in [1.29, 1.82) is 0 Å². The number of hydrogen-bond acceptors (Lipinski definition) is 6. The van der Waals surface area contributed by atoms with E-state index in [0.717, 1.165) is 6.26 Å². The zero-order chi connectivity index (χ0) is 14.7. The molecule has 0 atom stereocenters. The Labute approximate surface area is 114 Å². The minimum absolute atomic E-state index is 0.421. The zero-order valence-corrected chi connectivity index (χ0v) is 12.7. The molecule has 1 aromatic rings. The maximum Gasteiger partial charge on any atom is 0.226 e. The number of hydrogen-bond donors (Lipinski definition) is 2. The van der Waals surface area contributed by atoms with Crippen LogP contribution in [0.1, 0.15) is 13.8 Å². The molecule has 1 heterocycles. The van der Waals surface area contributed by atoms with E-state index < -0.39 is 15.6 Å². The van der Waals surface area contributed by atoms with Gasteiger partial charge in [0.25, 0.3) is 0 Å². The Balaban J connectivity index is 2.68. The quantitative estimate of drug-likeness (QED) is 0.781. The number of anilines is 2. The summed E-state index contributed by atoms with van der Waals surface area (Å²) < 4.78 is 25.0. The Kier molecular flexibility index (Phi) is 4.70. The SMILES string of the molecule is CN(C)c1nccc(NCC(C)(C)NS(C)(=O)=O)n1. The molecule has 8 heteroatoms. The molecular weight excluding hydrogens is 266 g/mol. The molecule has 0 bridgehead atoms. The molecule has 0 aromatic carbocycles. The standard InChI is InChI=1S/C11H21N5O2S/c1-11(2,15-19(5,17)18)8-13-9-6-7-12-10(14-9)16(3)4/h6-7,15H,8H2,1-5H3,(H,12,13,14). The van der Waals surface area contributed by atoms with Crippen molar-refractivity contribution in [2.24, 2.45) is 0 Å². The molecule has 0 unspecified atom stereocenters. The van der Waals surface area contributed by atoms with Crippen LogP contribution >= 0.6 is 0 Å². The van der Waals surface area contributed by atoms with Gasteiger partial charge in [0.05, 0.1) is 6.26 Å². The van der Waals surface area contributed by atoms with Crippen LogP contribution in [0.3, 0.4) is 0 Å². The Hall–Kier alpha value is -1.41. The largest absolute Gasteiger partial charge is 0.368 e. The number of aromatic nitrogens is 2. The predicted octanol–water partition coefficient (Wildman–Crippen LogP) is 0.282. The average Bonchev–Trinajstić information content (AvgIpc) is 2.24. The smallest absolute Gasteiger partial charge is 0.226 e. The first kappa shape index (κ1) is 15.6. The van der Waals surface area contributed by atoms with E-state index in [0.29, 0.717) is 18.3 Å². The highest BCUT2D eigenvalue weighted by Crippen LogP contribution is 2.10. The summed E-state index contributed by atoms with van der Waals surface area (Å²) in [5.41, 5.74) is -0.600. The lowest BCUT2D eigenvalue weighted by atomic mass is 10.1. The topological polar surface area (TPSA) is 87.2 Å². The first-order chi connectivity index (χ1) is 8.59. The molecule has 0 spiro atoms. The summed E-state index contributed by atoms with van der Waals surface area (Å²) in [6.45, 7) is 4.02. The minimum atomic E-state index is -3.24.